The molecule has 1 fully saturated rings. The van der Waals surface area contributed by atoms with Gasteiger partial charge in [-0.15, -0.1) is 0 Å². The summed E-state index contributed by atoms with van der Waals surface area (Å²) in [6.45, 7) is 2.40. The quantitative estimate of drug-likeness (QED) is 0.810. The van der Waals surface area contributed by atoms with E-state index in [1.165, 1.54) is 18.4 Å². The predicted octanol–water partition coefficient (Wildman–Crippen LogP) is 1.40. The molecule has 0 radical (unpaired) electrons. The first kappa shape index (κ1) is 12.3. The molecule has 1 aromatic heterocycles. The molecule has 4 heteroatoms. The van der Waals surface area contributed by atoms with Crippen molar-refractivity contribution in [2.24, 2.45) is 0 Å². The summed E-state index contributed by atoms with van der Waals surface area (Å²) in [5, 5.41) is 8.90. The molecule has 0 saturated carbocycles. The van der Waals surface area contributed by atoms with E-state index in [9.17, 15) is 0 Å². The molecule has 2 rings (SSSR count). The average Bonchev–Trinajstić information content (AvgIpc) is 2.74. The molecule has 1 saturated heterocycles. The van der Waals surface area contributed by atoms with Gasteiger partial charge in [-0.25, -0.2) is 4.98 Å². The standard InChI is InChI=1S/C13H21N3O/c14-13-9-11(5-6-15-13)10-16-7-1-3-12(16)4-2-8-17/h5-6,9,12,17H,1-4,7-8,10H2,(H2,14,15). The Kier molecular flexibility index (Phi) is 4.34. The van der Waals surface area contributed by atoms with Gasteiger partial charge in [0, 0.05) is 25.4 Å². The van der Waals surface area contributed by atoms with E-state index in [4.69, 9.17) is 10.8 Å². The Labute approximate surface area is 102 Å². The second kappa shape index (κ2) is 5.98. The zero-order chi connectivity index (χ0) is 12.1. The number of aliphatic hydroxyl groups is 1. The van der Waals surface area contributed by atoms with Gasteiger partial charge in [0.1, 0.15) is 5.82 Å². The third-order valence-electron chi connectivity index (χ3n) is 3.43. The van der Waals surface area contributed by atoms with Crippen LogP contribution in [0.4, 0.5) is 5.82 Å². The number of hydrogen-bond acceptors (Lipinski definition) is 4. The van der Waals surface area contributed by atoms with Crippen molar-refractivity contribution in [3.63, 3.8) is 0 Å². The lowest BCUT2D eigenvalue weighted by Crippen LogP contribution is -2.29. The smallest absolute Gasteiger partial charge is 0.123 e. The van der Waals surface area contributed by atoms with Crippen LogP contribution in [0.2, 0.25) is 0 Å². The van der Waals surface area contributed by atoms with Gasteiger partial charge in [0.05, 0.1) is 0 Å². The van der Waals surface area contributed by atoms with Crippen LogP contribution in [0.5, 0.6) is 0 Å². The van der Waals surface area contributed by atoms with Gasteiger partial charge in [0.2, 0.25) is 0 Å². The van der Waals surface area contributed by atoms with Crippen LogP contribution < -0.4 is 5.73 Å². The number of rotatable bonds is 5. The zero-order valence-electron chi connectivity index (χ0n) is 10.2. The van der Waals surface area contributed by atoms with Crippen LogP contribution in [-0.2, 0) is 6.54 Å². The lowest BCUT2D eigenvalue weighted by Gasteiger charge is -2.24. The minimum atomic E-state index is 0.298. The second-order valence-corrected chi connectivity index (χ2v) is 4.72. The van der Waals surface area contributed by atoms with Crippen molar-refractivity contribution in [2.45, 2.75) is 38.3 Å². The molecule has 0 spiro atoms. The van der Waals surface area contributed by atoms with Crippen LogP contribution in [0.25, 0.3) is 0 Å². The van der Waals surface area contributed by atoms with Gasteiger partial charge in [-0.2, -0.15) is 0 Å². The van der Waals surface area contributed by atoms with Crippen molar-refractivity contribution < 1.29 is 5.11 Å². The van der Waals surface area contributed by atoms with E-state index in [1.54, 1.807) is 6.20 Å². The van der Waals surface area contributed by atoms with Gasteiger partial charge in [-0.3, -0.25) is 4.90 Å². The van der Waals surface area contributed by atoms with Gasteiger partial charge in [-0.05, 0) is 49.9 Å². The molecule has 0 aliphatic carbocycles. The molecule has 1 aromatic rings. The minimum Gasteiger partial charge on any atom is -0.396 e. The topological polar surface area (TPSA) is 62.4 Å². The monoisotopic (exact) mass is 235 g/mol. The number of aromatic nitrogens is 1. The molecular formula is C13H21N3O. The Morgan fingerprint density at radius 3 is 3.18 bits per heavy atom. The fraction of sp³-hybridized carbons (Fsp3) is 0.615. The number of nitrogen functional groups attached to an aromatic ring is 1. The number of anilines is 1. The van der Waals surface area contributed by atoms with Crippen LogP contribution >= 0.6 is 0 Å². The number of aliphatic hydroxyl groups excluding tert-OH is 1. The highest BCUT2D eigenvalue weighted by Gasteiger charge is 2.23. The normalized spacial score (nSPS) is 20.9. The van der Waals surface area contributed by atoms with E-state index in [-0.39, 0.29) is 0 Å². The summed E-state index contributed by atoms with van der Waals surface area (Å²) in [6.07, 6.45) is 6.28. The third-order valence-corrected chi connectivity index (χ3v) is 3.43. The van der Waals surface area contributed by atoms with Gasteiger partial charge in [0.25, 0.3) is 0 Å². The first-order valence-electron chi connectivity index (χ1n) is 6.35. The van der Waals surface area contributed by atoms with Gasteiger partial charge in [-0.1, -0.05) is 0 Å². The maximum Gasteiger partial charge on any atom is 0.123 e. The molecule has 17 heavy (non-hydrogen) atoms. The van der Waals surface area contributed by atoms with Gasteiger partial charge < -0.3 is 10.8 Å². The molecule has 1 unspecified atom stereocenters. The van der Waals surface area contributed by atoms with E-state index in [1.807, 2.05) is 12.1 Å². The minimum absolute atomic E-state index is 0.298. The van der Waals surface area contributed by atoms with E-state index in [0.29, 0.717) is 18.5 Å². The van der Waals surface area contributed by atoms with Gasteiger partial charge >= 0.3 is 0 Å². The maximum atomic E-state index is 8.90. The summed E-state index contributed by atoms with van der Waals surface area (Å²) in [5.41, 5.74) is 6.92. The van der Waals surface area contributed by atoms with Crippen LogP contribution in [-0.4, -0.2) is 34.2 Å². The Morgan fingerprint density at radius 2 is 2.41 bits per heavy atom. The maximum absolute atomic E-state index is 8.90. The number of nitrogens with zero attached hydrogens (tertiary/aromatic N) is 2. The molecule has 3 N–H and O–H groups in total. The second-order valence-electron chi connectivity index (χ2n) is 4.72. The number of hydrogen-bond donors (Lipinski definition) is 2. The Hall–Kier alpha value is -1.13. The molecule has 1 atom stereocenters. The molecule has 0 bridgehead atoms. The lowest BCUT2D eigenvalue weighted by atomic mass is 10.1. The van der Waals surface area contributed by atoms with E-state index in [0.717, 1.165) is 25.9 Å². The summed E-state index contributed by atoms with van der Waals surface area (Å²) in [4.78, 5) is 6.50. The molecule has 94 valence electrons. The molecule has 1 aliphatic heterocycles. The highest BCUT2D eigenvalue weighted by molar-refractivity contribution is 5.31. The van der Waals surface area contributed by atoms with Crippen molar-refractivity contribution in [3.8, 4) is 0 Å². The number of likely N-dealkylation sites (tertiary alicyclic amines) is 1. The Bertz CT molecular complexity index is 356. The zero-order valence-corrected chi connectivity index (χ0v) is 10.2. The Morgan fingerprint density at radius 1 is 1.53 bits per heavy atom. The third kappa shape index (κ3) is 3.41. The van der Waals surface area contributed by atoms with Crippen LogP contribution in [0.3, 0.4) is 0 Å². The summed E-state index contributed by atoms with van der Waals surface area (Å²) in [6, 6.07) is 4.59. The van der Waals surface area contributed by atoms with Crippen LogP contribution in [0.15, 0.2) is 18.3 Å². The summed E-state index contributed by atoms with van der Waals surface area (Å²) in [5.74, 6) is 0.591. The number of pyridine rings is 1. The summed E-state index contributed by atoms with van der Waals surface area (Å²) < 4.78 is 0. The number of nitrogens with two attached hydrogens (primary N) is 1. The molecule has 0 aromatic carbocycles. The molecular weight excluding hydrogens is 214 g/mol. The van der Waals surface area contributed by atoms with Crippen molar-refractivity contribution in [1.82, 2.24) is 9.88 Å². The molecule has 4 nitrogen and oxygen atoms in total. The largest absolute Gasteiger partial charge is 0.396 e. The predicted molar refractivity (Wildman–Crippen MR) is 68.4 cm³/mol. The fourth-order valence-electron chi connectivity index (χ4n) is 2.58. The highest BCUT2D eigenvalue weighted by atomic mass is 16.2. The van der Waals surface area contributed by atoms with Crippen molar-refractivity contribution >= 4 is 5.82 Å². The molecule has 1 aliphatic rings. The van der Waals surface area contributed by atoms with Crippen molar-refractivity contribution in [1.29, 1.82) is 0 Å². The molecule has 2 heterocycles. The van der Waals surface area contributed by atoms with E-state index in [2.05, 4.69) is 9.88 Å². The average molecular weight is 235 g/mol. The lowest BCUT2D eigenvalue weighted by molar-refractivity contribution is 0.210. The van der Waals surface area contributed by atoms with Gasteiger partial charge in [0.15, 0.2) is 0 Å². The van der Waals surface area contributed by atoms with Crippen molar-refractivity contribution in [3.05, 3.63) is 23.9 Å². The van der Waals surface area contributed by atoms with Crippen LogP contribution in [0, 0.1) is 0 Å². The first-order valence-corrected chi connectivity index (χ1v) is 6.35. The molecule has 0 amide bonds. The van der Waals surface area contributed by atoms with Crippen LogP contribution in [0.1, 0.15) is 31.2 Å². The fourth-order valence-corrected chi connectivity index (χ4v) is 2.58. The van der Waals surface area contributed by atoms with Crippen molar-refractivity contribution in [2.75, 3.05) is 18.9 Å². The van der Waals surface area contributed by atoms with E-state index < -0.39 is 0 Å². The summed E-state index contributed by atoms with van der Waals surface area (Å²) in [7, 11) is 0. The first-order chi connectivity index (χ1) is 8.29. The van der Waals surface area contributed by atoms with E-state index >= 15 is 0 Å². The highest BCUT2D eigenvalue weighted by Crippen LogP contribution is 2.23. The summed E-state index contributed by atoms with van der Waals surface area (Å²) >= 11 is 0. The SMILES string of the molecule is Nc1cc(CN2CCCC2CCCO)ccn1. The Balaban J connectivity index is 1.93.